The first-order chi connectivity index (χ1) is 30.9. The molecule has 0 amide bonds. The molecular formula is C54H63NO8. The van der Waals surface area contributed by atoms with Gasteiger partial charge in [0.05, 0.1) is 35.6 Å². The SMILES string of the molecule is CCCCCCCCCCOc1ccc(C(=O)Oc2ccc(N=Cc3cccc(C(=O)Oc4ccc(OC(=O)c5ccc(OCCCCCCCCCC)cc5)cc4)c3)cc2)cc1. The summed E-state index contributed by atoms with van der Waals surface area (Å²) in [5.74, 6) is 0.954. The summed E-state index contributed by atoms with van der Waals surface area (Å²) >= 11 is 0. The molecule has 0 unspecified atom stereocenters. The number of carbonyl (C=O) groups excluding carboxylic acids is 3. The molecule has 0 aliphatic heterocycles. The van der Waals surface area contributed by atoms with E-state index in [-0.39, 0.29) is 0 Å². The average molecular weight is 854 g/mol. The maximum atomic E-state index is 13.0. The van der Waals surface area contributed by atoms with Gasteiger partial charge >= 0.3 is 17.9 Å². The van der Waals surface area contributed by atoms with Crippen LogP contribution in [0.3, 0.4) is 0 Å². The quantitative estimate of drug-likeness (QED) is 0.0212. The summed E-state index contributed by atoms with van der Waals surface area (Å²) in [6.07, 6.45) is 21.5. The van der Waals surface area contributed by atoms with Crippen LogP contribution in [0.5, 0.6) is 28.7 Å². The van der Waals surface area contributed by atoms with Crippen LogP contribution in [-0.2, 0) is 0 Å². The molecule has 63 heavy (non-hydrogen) atoms. The summed E-state index contributed by atoms with van der Waals surface area (Å²) in [5.41, 5.74) is 2.50. The Morgan fingerprint density at radius 1 is 0.413 bits per heavy atom. The minimum Gasteiger partial charge on any atom is -0.494 e. The predicted octanol–water partition coefficient (Wildman–Crippen LogP) is 14.1. The van der Waals surface area contributed by atoms with Crippen LogP contribution < -0.4 is 23.7 Å². The second-order valence-electron chi connectivity index (χ2n) is 15.7. The average Bonchev–Trinajstić information content (AvgIpc) is 3.31. The van der Waals surface area contributed by atoms with Gasteiger partial charge in [0.2, 0.25) is 0 Å². The van der Waals surface area contributed by atoms with Crippen molar-refractivity contribution >= 4 is 29.8 Å². The second kappa shape index (κ2) is 27.7. The molecule has 0 radical (unpaired) electrons. The van der Waals surface area contributed by atoms with Crippen molar-refractivity contribution in [2.75, 3.05) is 13.2 Å². The Balaban J connectivity index is 1.00. The number of unbranched alkanes of at least 4 members (excludes halogenated alkanes) is 14. The molecule has 0 aliphatic carbocycles. The third-order valence-electron chi connectivity index (χ3n) is 10.5. The zero-order valence-electron chi connectivity index (χ0n) is 37.1. The molecule has 5 rings (SSSR count). The molecule has 9 nitrogen and oxygen atoms in total. The maximum Gasteiger partial charge on any atom is 0.343 e. The van der Waals surface area contributed by atoms with Gasteiger partial charge in [0.1, 0.15) is 28.7 Å². The lowest BCUT2D eigenvalue weighted by molar-refractivity contribution is 0.0719. The number of benzene rings is 5. The fourth-order valence-electron chi connectivity index (χ4n) is 6.80. The Hall–Kier alpha value is -6.22. The van der Waals surface area contributed by atoms with Crippen molar-refractivity contribution < 1.29 is 38.1 Å². The van der Waals surface area contributed by atoms with Crippen LogP contribution in [-0.4, -0.2) is 37.3 Å². The van der Waals surface area contributed by atoms with E-state index < -0.39 is 17.9 Å². The zero-order chi connectivity index (χ0) is 44.3. The lowest BCUT2D eigenvalue weighted by Gasteiger charge is -2.09. The van der Waals surface area contributed by atoms with Crippen LogP contribution in [0.1, 0.15) is 153 Å². The highest BCUT2D eigenvalue weighted by molar-refractivity contribution is 5.94. The number of carbonyl (C=O) groups is 3. The molecule has 5 aromatic rings. The monoisotopic (exact) mass is 853 g/mol. The van der Waals surface area contributed by atoms with Crippen LogP contribution in [0.15, 0.2) is 126 Å². The molecule has 0 aliphatic rings. The van der Waals surface area contributed by atoms with Crippen molar-refractivity contribution in [1.29, 1.82) is 0 Å². The topological polar surface area (TPSA) is 110 Å². The van der Waals surface area contributed by atoms with Crippen molar-refractivity contribution in [2.24, 2.45) is 4.99 Å². The number of aliphatic imine (C=N–C) groups is 1. The highest BCUT2D eigenvalue weighted by Gasteiger charge is 2.13. The molecule has 0 atom stereocenters. The molecule has 0 aromatic heterocycles. The Morgan fingerprint density at radius 3 is 1.21 bits per heavy atom. The van der Waals surface area contributed by atoms with Crippen LogP contribution in [0, 0.1) is 0 Å². The molecule has 0 N–H and O–H groups in total. The molecule has 0 saturated carbocycles. The third kappa shape index (κ3) is 18.0. The van der Waals surface area contributed by atoms with Gasteiger partial charge in [-0.3, -0.25) is 4.99 Å². The Morgan fingerprint density at radius 2 is 0.778 bits per heavy atom. The van der Waals surface area contributed by atoms with E-state index in [1.807, 2.05) is 6.07 Å². The zero-order valence-corrected chi connectivity index (χ0v) is 37.1. The van der Waals surface area contributed by atoms with Gasteiger partial charge in [0, 0.05) is 6.21 Å². The minimum atomic E-state index is -0.549. The number of hydrogen-bond donors (Lipinski definition) is 0. The molecule has 0 saturated heterocycles. The summed E-state index contributed by atoms with van der Waals surface area (Å²) in [4.78, 5) is 43.1. The number of nitrogens with zero attached hydrogens (tertiary/aromatic N) is 1. The van der Waals surface area contributed by atoms with Gasteiger partial charge in [-0.15, -0.1) is 0 Å². The van der Waals surface area contributed by atoms with E-state index in [1.165, 1.54) is 83.5 Å². The van der Waals surface area contributed by atoms with E-state index >= 15 is 0 Å². The lowest BCUT2D eigenvalue weighted by Crippen LogP contribution is -2.10. The van der Waals surface area contributed by atoms with E-state index in [1.54, 1.807) is 121 Å². The van der Waals surface area contributed by atoms with Crippen LogP contribution in [0.4, 0.5) is 5.69 Å². The van der Waals surface area contributed by atoms with Crippen LogP contribution in [0.25, 0.3) is 0 Å². The van der Waals surface area contributed by atoms with E-state index in [0.29, 0.717) is 58.4 Å². The van der Waals surface area contributed by atoms with Gasteiger partial charge in [-0.25, -0.2) is 14.4 Å². The Kier molecular flexibility index (Phi) is 21.0. The first kappa shape index (κ1) is 47.8. The molecule has 0 heterocycles. The van der Waals surface area contributed by atoms with Gasteiger partial charge in [0.25, 0.3) is 0 Å². The summed E-state index contributed by atoms with van der Waals surface area (Å²) < 4.78 is 28.4. The standard InChI is InChI=1S/C54H63NO8/c1-3-5-7-9-11-13-15-17-38-59-47-28-22-43(23-29-47)52(56)61-49-32-26-46(27-33-49)55-41-42-20-19-21-45(40-42)54(58)63-51-36-34-50(35-37-51)62-53(57)44-24-30-48(31-25-44)60-39-18-16-14-12-10-8-6-4-2/h19-37,40-41H,3-18,38-39H2,1-2H3. The van der Waals surface area contributed by atoms with Crippen LogP contribution >= 0.6 is 0 Å². The van der Waals surface area contributed by atoms with Crippen molar-refractivity contribution in [2.45, 2.75) is 117 Å². The number of rotatable bonds is 28. The Bertz CT molecular complexity index is 2130. The van der Waals surface area contributed by atoms with Gasteiger partial charge in [-0.2, -0.15) is 0 Å². The van der Waals surface area contributed by atoms with Crippen molar-refractivity contribution in [1.82, 2.24) is 0 Å². The molecular weight excluding hydrogens is 791 g/mol. The number of ether oxygens (including phenoxy) is 5. The van der Waals surface area contributed by atoms with E-state index in [0.717, 1.165) is 30.8 Å². The number of hydrogen-bond acceptors (Lipinski definition) is 9. The highest BCUT2D eigenvalue weighted by atomic mass is 16.5. The van der Waals surface area contributed by atoms with Crippen LogP contribution in [0.2, 0.25) is 0 Å². The molecule has 0 spiro atoms. The van der Waals surface area contributed by atoms with E-state index in [4.69, 9.17) is 23.7 Å². The molecule has 0 bridgehead atoms. The Labute approximate surface area is 373 Å². The fraction of sp³-hybridized carbons (Fsp3) is 0.370. The lowest BCUT2D eigenvalue weighted by atomic mass is 10.1. The molecule has 332 valence electrons. The van der Waals surface area contributed by atoms with Crippen molar-refractivity contribution in [3.8, 4) is 28.7 Å². The summed E-state index contributed by atoms with van der Waals surface area (Å²) in [7, 11) is 0. The molecule has 0 fully saturated rings. The predicted molar refractivity (Wildman–Crippen MR) is 251 cm³/mol. The molecule has 9 heteroatoms. The van der Waals surface area contributed by atoms with E-state index in [2.05, 4.69) is 18.8 Å². The van der Waals surface area contributed by atoms with Gasteiger partial charge in [-0.1, -0.05) is 116 Å². The minimum absolute atomic E-state index is 0.299. The van der Waals surface area contributed by atoms with Gasteiger partial charge in [0.15, 0.2) is 0 Å². The van der Waals surface area contributed by atoms with Crippen molar-refractivity contribution in [3.63, 3.8) is 0 Å². The smallest absolute Gasteiger partial charge is 0.343 e. The van der Waals surface area contributed by atoms with E-state index in [9.17, 15) is 14.4 Å². The van der Waals surface area contributed by atoms with Gasteiger partial charge < -0.3 is 23.7 Å². The molecule has 5 aromatic carbocycles. The first-order valence-electron chi connectivity index (χ1n) is 22.9. The second-order valence-corrected chi connectivity index (χ2v) is 15.7. The largest absolute Gasteiger partial charge is 0.494 e. The number of esters is 3. The summed E-state index contributed by atoms with van der Waals surface area (Å²) in [6.45, 7) is 5.79. The van der Waals surface area contributed by atoms with Gasteiger partial charge in [-0.05, 0) is 128 Å². The normalized spacial score (nSPS) is 11.0. The first-order valence-corrected chi connectivity index (χ1v) is 22.9. The fourth-order valence-corrected chi connectivity index (χ4v) is 6.80. The maximum absolute atomic E-state index is 13.0. The van der Waals surface area contributed by atoms with Crippen molar-refractivity contribution in [3.05, 3.63) is 144 Å². The summed E-state index contributed by atoms with van der Waals surface area (Å²) in [6, 6.07) is 34.0. The highest BCUT2D eigenvalue weighted by Crippen LogP contribution is 2.23. The summed E-state index contributed by atoms with van der Waals surface area (Å²) in [5, 5.41) is 0. The third-order valence-corrected chi connectivity index (χ3v) is 10.5.